The maximum Gasteiger partial charge on any atom is 0.416 e. The van der Waals surface area contributed by atoms with Crippen LogP contribution in [0.25, 0.3) is 22.1 Å². The fraction of sp³-hybridized carbons (Fsp3) is 0.125. The zero-order chi connectivity index (χ0) is 36.9. The molecule has 0 saturated heterocycles. The molecule has 0 aliphatic heterocycles. The highest BCUT2D eigenvalue weighted by molar-refractivity contribution is 5.99. The predicted molar refractivity (Wildman–Crippen MR) is 172 cm³/mol. The van der Waals surface area contributed by atoms with Crippen molar-refractivity contribution in [2.24, 2.45) is 0 Å². The van der Waals surface area contributed by atoms with E-state index in [1.807, 2.05) is 0 Å². The number of urea groups is 2. The van der Waals surface area contributed by atoms with Crippen LogP contribution in [0.1, 0.15) is 22.3 Å². The van der Waals surface area contributed by atoms with E-state index in [2.05, 4.69) is 41.2 Å². The summed E-state index contributed by atoms with van der Waals surface area (Å²) in [6.07, 6.45) is -9.04. The number of anilines is 2. The summed E-state index contributed by atoms with van der Waals surface area (Å²) in [5, 5.41) is 9.95. The number of imidazole rings is 2. The van der Waals surface area contributed by atoms with Crippen LogP contribution in [-0.4, -0.2) is 32.0 Å². The summed E-state index contributed by atoms with van der Waals surface area (Å²) in [5.41, 5.74) is 0.327. The number of H-pyrrole nitrogens is 4. The van der Waals surface area contributed by atoms with Gasteiger partial charge in [0.15, 0.2) is 0 Å². The first-order valence-corrected chi connectivity index (χ1v) is 14.6. The van der Waals surface area contributed by atoms with Crippen LogP contribution in [0.15, 0.2) is 88.5 Å². The molecule has 2 heterocycles. The molecule has 0 unspecified atom stereocenters. The number of alkyl halides is 6. The van der Waals surface area contributed by atoms with Crippen LogP contribution < -0.4 is 32.6 Å². The second kappa shape index (κ2) is 14.5. The van der Waals surface area contributed by atoms with E-state index in [1.54, 1.807) is 36.4 Å². The maximum atomic E-state index is 13.8. The van der Waals surface area contributed by atoms with Crippen LogP contribution in [0.4, 0.5) is 51.7 Å². The zero-order valence-corrected chi connectivity index (χ0v) is 25.7. The van der Waals surface area contributed by atoms with Gasteiger partial charge in [0, 0.05) is 18.7 Å². The first-order chi connectivity index (χ1) is 24.1. The summed E-state index contributed by atoms with van der Waals surface area (Å²) in [7, 11) is 0. The van der Waals surface area contributed by atoms with Crippen LogP contribution in [0, 0.1) is 5.82 Å². The minimum absolute atomic E-state index is 0.0591. The molecule has 0 atom stereocenters. The van der Waals surface area contributed by atoms with Gasteiger partial charge in [-0.25, -0.2) is 23.6 Å². The third kappa shape index (κ3) is 9.13. The number of para-hydroxylation sites is 2. The third-order valence-corrected chi connectivity index (χ3v) is 7.15. The number of hydrogen-bond donors (Lipinski definition) is 8. The number of hydrogen-bond acceptors (Lipinski definition) is 4. The summed E-state index contributed by atoms with van der Waals surface area (Å²) in [6, 6.07) is 15.1. The molecular weight excluding hydrogens is 693 g/mol. The molecule has 12 nitrogen and oxygen atoms in total. The van der Waals surface area contributed by atoms with Gasteiger partial charge in [0.2, 0.25) is 0 Å². The van der Waals surface area contributed by atoms with Crippen LogP contribution >= 0.6 is 0 Å². The van der Waals surface area contributed by atoms with Gasteiger partial charge in [0.25, 0.3) is 0 Å². The Morgan fingerprint density at radius 2 is 1.06 bits per heavy atom. The number of benzene rings is 4. The lowest BCUT2D eigenvalue weighted by Crippen LogP contribution is -2.28. The molecule has 6 rings (SSSR count). The fourth-order valence-corrected chi connectivity index (χ4v) is 4.69. The number of nitrogens with one attached hydrogen (secondary N) is 8. The SMILES string of the molecule is O=C(NCc1ccc(C(F)(F)F)cc1)Nc1cccc2[nH]c(=O)[nH]c12.O=C(NCc1ccc(C(F)(F)F)cc1F)Nc1cccc2[nH]c(=O)[nH]c12. The van der Waals surface area contributed by atoms with Gasteiger partial charge in [-0.3, -0.25) is 0 Å². The Balaban J connectivity index is 0.000000198. The standard InChI is InChI=1S/C16H12F4N4O2.C16H13F3N4O2/c17-10-6-9(16(18,19)20)5-4-8(10)7-21-14(25)22-11-2-1-3-12-13(11)24-15(26)23-12;17-16(18,19)10-6-4-9(5-7-10)8-20-14(24)21-11-2-1-3-12-13(11)23-15(25)22-12/h1-6H,7H2,(H2,21,22,25)(H2,23,24,26);1-7H,8H2,(H2,20,21,24)(H2,22,23,25). The first-order valence-electron chi connectivity index (χ1n) is 14.6. The zero-order valence-electron chi connectivity index (χ0n) is 25.7. The smallest absolute Gasteiger partial charge is 0.334 e. The summed E-state index contributed by atoms with van der Waals surface area (Å²) in [5.74, 6) is -1.07. The van der Waals surface area contributed by atoms with Crippen LogP contribution in [0.2, 0.25) is 0 Å². The van der Waals surface area contributed by atoms with Crippen molar-refractivity contribution in [1.82, 2.24) is 30.6 Å². The average Bonchev–Trinajstić information content (AvgIpc) is 3.65. The highest BCUT2D eigenvalue weighted by Crippen LogP contribution is 2.31. The number of fused-ring (bicyclic) bond motifs is 2. The molecule has 0 spiro atoms. The van der Waals surface area contributed by atoms with E-state index < -0.39 is 52.7 Å². The summed E-state index contributed by atoms with van der Waals surface area (Å²) in [4.78, 5) is 56.7. The van der Waals surface area contributed by atoms with Gasteiger partial charge in [-0.15, -0.1) is 0 Å². The monoisotopic (exact) mass is 718 g/mol. The second-order valence-corrected chi connectivity index (χ2v) is 10.7. The van der Waals surface area contributed by atoms with Crippen molar-refractivity contribution in [1.29, 1.82) is 0 Å². The summed E-state index contributed by atoms with van der Waals surface area (Å²) >= 11 is 0. The summed E-state index contributed by atoms with van der Waals surface area (Å²) in [6.45, 7) is -0.251. The quantitative estimate of drug-likeness (QED) is 0.0913. The van der Waals surface area contributed by atoms with Gasteiger partial charge in [0.1, 0.15) is 5.82 Å². The Morgan fingerprint density at radius 1 is 0.588 bits per heavy atom. The number of halogens is 7. The highest BCUT2D eigenvalue weighted by atomic mass is 19.4. The normalized spacial score (nSPS) is 11.5. The van der Waals surface area contributed by atoms with Crippen molar-refractivity contribution in [2.75, 3.05) is 10.6 Å². The number of amides is 4. The van der Waals surface area contributed by atoms with E-state index in [9.17, 15) is 49.9 Å². The number of carbonyl (C=O) groups excluding carboxylic acids is 2. The predicted octanol–water partition coefficient (Wildman–Crippen LogP) is 6.53. The van der Waals surface area contributed by atoms with E-state index >= 15 is 0 Å². The third-order valence-electron chi connectivity index (χ3n) is 7.15. The number of aromatic nitrogens is 4. The van der Waals surface area contributed by atoms with E-state index in [0.29, 0.717) is 45.1 Å². The molecule has 6 aromatic rings. The highest BCUT2D eigenvalue weighted by Gasteiger charge is 2.31. The van der Waals surface area contributed by atoms with Gasteiger partial charge in [-0.05, 0) is 54.1 Å². The van der Waals surface area contributed by atoms with Crippen molar-refractivity contribution in [3.8, 4) is 0 Å². The molecule has 266 valence electrons. The minimum Gasteiger partial charge on any atom is -0.334 e. The van der Waals surface area contributed by atoms with Crippen LogP contribution in [0.3, 0.4) is 0 Å². The lowest BCUT2D eigenvalue weighted by molar-refractivity contribution is -0.138. The molecule has 0 saturated carbocycles. The Kier molecular flexibility index (Phi) is 10.2. The number of carbonyl (C=O) groups is 2. The molecule has 0 radical (unpaired) electrons. The fourth-order valence-electron chi connectivity index (χ4n) is 4.69. The van der Waals surface area contributed by atoms with Gasteiger partial charge >= 0.3 is 35.8 Å². The van der Waals surface area contributed by atoms with Crippen molar-refractivity contribution < 1.29 is 40.3 Å². The van der Waals surface area contributed by atoms with Crippen LogP contribution in [0.5, 0.6) is 0 Å². The molecule has 19 heteroatoms. The molecule has 2 aromatic heterocycles. The molecule has 0 aliphatic carbocycles. The molecule has 8 N–H and O–H groups in total. The Hall–Kier alpha value is -6.53. The van der Waals surface area contributed by atoms with Gasteiger partial charge < -0.3 is 41.2 Å². The Labute approximate surface area is 280 Å². The Morgan fingerprint density at radius 3 is 1.53 bits per heavy atom. The number of aromatic amines is 4. The second-order valence-electron chi connectivity index (χ2n) is 10.7. The summed E-state index contributed by atoms with van der Waals surface area (Å²) < 4.78 is 88.8. The van der Waals surface area contributed by atoms with E-state index in [1.165, 1.54) is 12.1 Å². The number of rotatable bonds is 6. The lowest BCUT2D eigenvalue weighted by atomic mass is 10.1. The minimum atomic E-state index is -4.64. The van der Waals surface area contributed by atoms with Crippen molar-refractivity contribution in [3.63, 3.8) is 0 Å². The van der Waals surface area contributed by atoms with E-state index in [-0.39, 0.29) is 18.7 Å². The van der Waals surface area contributed by atoms with Crippen molar-refractivity contribution in [3.05, 3.63) is 128 Å². The topological polar surface area (TPSA) is 180 Å². The van der Waals surface area contributed by atoms with E-state index in [4.69, 9.17) is 0 Å². The first kappa shape index (κ1) is 35.8. The molecule has 0 fully saturated rings. The van der Waals surface area contributed by atoms with Crippen LogP contribution in [-0.2, 0) is 25.4 Å². The Bertz CT molecular complexity index is 2310. The van der Waals surface area contributed by atoms with Gasteiger partial charge in [-0.1, -0.05) is 30.3 Å². The average molecular weight is 719 g/mol. The van der Waals surface area contributed by atoms with Gasteiger partial charge in [-0.2, -0.15) is 26.3 Å². The van der Waals surface area contributed by atoms with E-state index in [0.717, 1.165) is 24.3 Å². The molecular formula is C32H25F7N8O4. The molecule has 4 amide bonds. The largest absolute Gasteiger partial charge is 0.416 e. The molecule has 0 bridgehead atoms. The van der Waals surface area contributed by atoms with Crippen molar-refractivity contribution in [2.45, 2.75) is 25.4 Å². The van der Waals surface area contributed by atoms with Crippen molar-refractivity contribution >= 4 is 45.5 Å². The maximum absolute atomic E-state index is 13.8. The lowest BCUT2D eigenvalue weighted by Gasteiger charge is -2.11. The molecule has 0 aliphatic rings. The molecule has 51 heavy (non-hydrogen) atoms. The van der Waals surface area contributed by atoms with Gasteiger partial charge in [0.05, 0.1) is 44.6 Å². The molecule has 4 aromatic carbocycles.